The van der Waals surface area contributed by atoms with Crippen LogP contribution in [0.2, 0.25) is 0 Å². The smallest absolute Gasteiger partial charge is 0.223 e. The summed E-state index contributed by atoms with van der Waals surface area (Å²) in [5.41, 5.74) is 5.78. The highest BCUT2D eigenvalue weighted by Crippen LogP contribution is 2.33. The lowest BCUT2D eigenvalue weighted by Crippen LogP contribution is -2.46. The maximum Gasteiger partial charge on any atom is 0.223 e. The fourth-order valence-corrected chi connectivity index (χ4v) is 4.61. The molecule has 5 heteroatoms. The Morgan fingerprint density at radius 2 is 1.60 bits per heavy atom. The number of rotatable bonds is 7. The Kier molecular flexibility index (Phi) is 6.74. The highest BCUT2D eigenvalue weighted by atomic mass is 16.2. The van der Waals surface area contributed by atoms with Gasteiger partial charge in [-0.25, -0.2) is 0 Å². The molecule has 0 heterocycles. The monoisotopic (exact) mass is 349 g/mol. The number of hydrogen-bond acceptors (Lipinski definition) is 3. The standard InChI is InChI=1S/C20H35N3O2/c21-13-18(15-6-7-15)23-20(25)16-8-10-17(11-9-16)22-19(24)12-14-4-2-1-3-5-14/h14-18H,1-13,21H2,(H,22,24)(H,23,25). The first kappa shape index (κ1) is 18.7. The molecule has 3 rings (SSSR count). The van der Waals surface area contributed by atoms with Crippen LogP contribution in [0.15, 0.2) is 0 Å². The summed E-state index contributed by atoms with van der Waals surface area (Å²) in [6.45, 7) is 0.545. The van der Waals surface area contributed by atoms with Crippen molar-refractivity contribution in [2.75, 3.05) is 6.54 Å². The molecule has 25 heavy (non-hydrogen) atoms. The lowest BCUT2D eigenvalue weighted by molar-refractivity contribution is -0.127. The Hall–Kier alpha value is -1.10. The maximum atomic E-state index is 12.4. The molecule has 0 aromatic carbocycles. The van der Waals surface area contributed by atoms with Crippen LogP contribution in [0.25, 0.3) is 0 Å². The van der Waals surface area contributed by atoms with Gasteiger partial charge in [0.05, 0.1) is 0 Å². The molecule has 3 fully saturated rings. The maximum absolute atomic E-state index is 12.4. The van der Waals surface area contributed by atoms with Crippen LogP contribution in [0.4, 0.5) is 0 Å². The van der Waals surface area contributed by atoms with E-state index >= 15 is 0 Å². The summed E-state index contributed by atoms with van der Waals surface area (Å²) in [6, 6.07) is 0.425. The zero-order chi connectivity index (χ0) is 17.6. The van der Waals surface area contributed by atoms with Crippen molar-refractivity contribution in [1.82, 2.24) is 10.6 Å². The van der Waals surface area contributed by atoms with Crippen LogP contribution >= 0.6 is 0 Å². The van der Waals surface area contributed by atoms with Gasteiger partial charge in [0.25, 0.3) is 0 Å². The van der Waals surface area contributed by atoms with Crippen molar-refractivity contribution >= 4 is 11.8 Å². The Morgan fingerprint density at radius 1 is 0.920 bits per heavy atom. The average Bonchev–Trinajstić information content (AvgIpc) is 3.46. The molecule has 0 spiro atoms. The molecule has 0 saturated heterocycles. The third kappa shape index (κ3) is 5.70. The number of amides is 2. The van der Waals surface area contributed by atoms with Crippen molar-refractivity contribution in [1.29, 1.82) is 0 Å². The third-order valence-corrected chi connectivity index (χ3v) is 6.43. The SMILES string of the molecule is NCC(NC(=O)C1CCC(NC(=O)CC2CCCCC2)CC1)C1CC1. The molecule has 3 aliphatic rings. The molecule has 0 radical (unpaired) electrons. The minimum atomic E-state index is 0.0966. The first-order valence-corrected chi connectivity index (χ1v) is 10.5. The van der Waals surface area contributed by atoms with Gasteiger partial charge in [-0.1, -0.05) is 19.3 Å². The highest BCUT2D eigenvalue weighted by Gasteiger charge is 2.34. The second-order valence-corrected chi connectivity index (χ2v) is 8.51. The van der Waals surface area contributed by atoms with E-state index in [-0.39, 0.29) is 29.8 Å². The Labute approximate surface area is 151 Å². The van der Waals surface area contributed by atoms with E-state index in [4.69, 9.17) is 5.73 Å². The van der Waals surface area contributed by atoms with Crippen LogP contribution in [-0.2, 0) is 9.59 Å². The molecule has 5 nitrogen and oxygen atoms in total. The van der Waals surface area contributed by atoms with Crippen LogP contribution in [0, 0.1) is 17.8 Å². The van der Waals surface area contributed by atoms with E-state index in [2.05, 4.69) is 10.6 Å². The van der Waals surface area contributed by atoms with Gasteiger partial charge >= 0.3 is 0 Å². The van der Waals surface area contributed by atoms with E-state index in [1.165, 1.54) is 44.9 Å². The molecule has 1 unspecified atom stereocenters. The molecule has 3 aliphatic carbocycles. The number of carbonyl (C=O) groups is 2. The van der Waals surface area contributed by atoms with Crippen molar-refractivity contribution in [2.24, 2.45) is 23.5 Å². The predicted octanol–water partition coefficient (Wildman–Crippen LogP) is 2.49. The lowest BCUT2D eigenvalue weighted by Gasteiger charge is -2.30. The predicted molar refractivity (Wildman–Crippen MR) is 98.8 cm³/mol. The second kappa shape index (κ2) is 9.02. The first-order valence-electron chi connectivity index (χ1n) is 10.5. The summed E-state index contributed by atoms with van der Waals surface area (Å²) in [5.74, 6) is 1.68. The molecular formula is C20H35N3O2. The van der Waals surface area contributed by atoms with Gasteiger partial charge in [-0.15, -0.1) is 0 Å². The first-order chi connectivity index (χ1) is 12.2. The van der Waals surface area contributed by atoms with Gasteiger partial charge < -0.3 is 16.4 Å². The van der Waals surface area contributed by atoms with Crippen LogP contribution in [0.1, 0.15) is 77.0 Å². The quantitative estimate of drug-likeness (QED) is 0.660. The Bertz CT molecular complexity index is 450. The lowest BCUT2D eigenvalue weighted by atomic mass is 9.84. The minimum Gasteiger partial charge on any atom is -0.353 e. The molecule has 0 aromatic heterocycles. The topological polar surface area (TPSA) is 84.2 Å². The zero-order valence-electron chi connectivity index (χ0n) is 15.5. The summed E-state index contributed by atoms with van der Waals surface area (Å²) < 4.78 is 0. The molecule has 1 atom stereocenters. The van der Waals surface area contributed by atoms with Gasteiger partial charge in [-0.05, 0) is 63.2 Å². The Balaban J connectivity index is 1.34. The van der Waals surface area contributed by atoms with Gasteiger partial charge in [0.15, 0.2) is 0 Å². The van der Waals surface area contributed by atoms with Crippen LogP contribution < -0.4 is 16.4 Å². The summed E-state index contributed by atoms with van der Waals surface area (Å²) in [5, 5.41) is 6.37. The van der Waals surface area contributed by atoms with Crippen molar-refractivity contribution in [3.8, 4) is 0 Å². The fourth-order valence-electron chi connectivity index (χ4n) is 4.61. The molecular weight excluding hydrogens is 314 g/mol. The van der Waals surface area contributed by atoms with Crippen molar-refractivity contribution in [2.45, 2.75) is 89.1 Å². The average molecular weight is 350 g/mol. The summed E-state index contributed by atoms with van der Waals surface area (Å²) in [7, 11) is 0. The van der Waals surface area contributed by atoms with Crippen molar-refractivity contribution < 1.29 is 9.59 Å². The van der Waals surface area contributed by atoms with E-state index in [9.17, 15) is 9.59 Å². The van der Waals surface area contributed by atoms with Crippen molar-refractivity contribution in [3.05, 3.63) is 0 Å². The van der Waals surface area contributed by atoms with Crippen LogP contribution in [-0.4, -0.2) is 30.4 Å². The van der Waals surface area contributed by atoms with Crippen molar-refractivity contribution in [3.63, 3.8) is 0 Å². The summed E-state index contributed by atoms with van der Waals surface area (Å²) in [6.07, 6.45) is 13.0. The van der Waals surface area contributed by atoms with Gasteiger partial charge in [-0.2, -0.15) is 0 Å². The van der Waals surface area contributed by atoms with E-state index in [1.54, 1.807) is 0 Å². The minimum absolute atomic E-state index is 0.0966. The third-order valence-electron chi connectivity index (χ3n) is 6.43. The molecule has 4 N–H and O–H groups in total. The number of nitrogens with two attached hydrogens (primary N) is 1. The molecule has 142 valence electrons. The van der Waals surface area contributed by atoms with E-state index in [1.807, 2.05) is 0 Å². The number of carbonyl (C=O) groups excluding carboxylic acids is 2. The van der Waals surface area contributed by atoms with Gasteiger partial charge in [0, 0.05) is 31.0 Å². The molecule has 3 saturated carbocycles. The molecule has 0 aromatic rings. The number of hydrogen-bond donors (Lipinski definition) is 3. The van der Waals surface area contributed by atoms with Crippen LogP contribution in [0.3, 0.4) is 0 Å². The van der Waals surface area contributed by atoms with E-state index in [0.717, 1.165) is 25.7 Å². The van der Waals surface area contributed by atoms with Gasteiger partial charge in [0.2, 0.25) is 11.8 Å². The molecule has 2 amide bonds. The molecule has 0 aliphatic heterocycles. The van der Waals surface area contributed by atoms with Gasteiger partial charge in [0.1, 0.15) is 0 Å². The highest BCUT2D eigenvalue weighted by molar-refractivity contribution is 5.79. The Morgan fingerprint density at radius 3 is 2.20 bits per heavy atom. The molecule has 0 bridgehead atoms. The largest absolute Gasteiger partial charge is 0.353 e. The number of nitrogens with one attached hydrogen (secondary N) is 2. The van der Waals surface area contributed by atoms with E-state index in [0.29, 0.717) is 24.8 Å². The van der Waals surface area contributed by atoms with Gasteiger partial charge in [-0.3, -0.25) is 9.59 Å². The normalized spacial score (nSPS) is 29.0. The van der Waals surface area contributed by atoms with E-state index < -0.39 is 0 Å². The zero-order valence-corrected chi connectivity index (χ0v) is 15.5. The fraction of sp³-hybridized carbons (Fsp3) is 0.900. The van der Waals surface area contributed by atoms with Crippen LogP contribution in [0.5, 0.6) is 0 Å². The summed E-state index contributed by atoms with van der Waals surface area (Å²) in [4.78, 5) is 24.7. The summed E-state index contributed by atoms with van der Waals surface area (Å²) >= 11 is 0. The second-order valence-electron chi connectivity index (χ2n) is 8.51.